The van der Waals surface area contributed by atoms with E-state index in [9.17, 15) is 0 Å². The minimum atomic E-state index is -0.0129. The Labute approximate surface area is 124 Å². The van der Waals surface area contributed by atoms with Crippen LogP contribution in [0.4, 0.5) is 0 Å². The topological polar surface area (TPSA) is 48.1 Å². The summed E-state index contributed by atoms with van der Waals surface area (Å²) in [6.07, 6.45) is 1.09. The van der Waals surface area contributed by atoms with Crippen LogP contribution < -0.4 is 10.5 Å². The van der Waals surface area contributed by atoms with Crippen LogP contribution >= 0.6 is 11.3 Å². The van der Waals surface area contributed by atoms with E-state index in [0.717, 1.165) is 28.4 Å². The maximum Gasteiger partial charge on any atom is 0.122 e. The van der Waals surface area contributed by atoms with E-state index in [-0.39, 0.29) is 6.04 Å². The maximum absolute atomic E-state index is 5.88. The molecule has 0 bridgehead atoms. The summed E-state index contributed by atoms with van der Waals surface area (Å²) in [7, 11) is 1.72. The molecule has 0 aliphatic rings. The molecule has 0 radical (unpaired) electrons. The highest BCUT2D eigenvalue weighted by Gasteiger charge is 2.13. The van der Waals surface area contributed by atoms with E-state index in [1.807, 2.05) is 13.0 Å². The van der Waals surface area contributed by atoms with Crippen LogP contribution in [0.1, 0.15) is 49.7 Å². The zero-order valence-electron chi connectivity index (χ0n) is 12.5. The molecule has 2 atom stereocenters. The van der Waals surface area contributed by atoms with Gasteiger partial charge in [0.1, 0.15) is 10.8 Å². The maximum atomic E-state index is 5.88. The van der Waals surface area contributed by atoms with Crippen LogP contribution in [0, 0.1) is 0 Å². The standard InChI is InChI=1S/C16H22N2OS/c1-5-10(2)13-8-12(6-7-15(13)19-4)14-9-20-16(18-14)11(3)17/h6-11H,5,17H2,1-4H3. The summed E-state index contributed by atoms with van der Waals surface area (Å²) < 4.78 is 5.46. The highest BCUT2D eigenvalue weighted by Crippen LogP contribution is 2.33. The molecule has 2 rings (SSSR count). The molecule has 0 aliphatic carbocycles. The lowest BCUT2D eigenvalue weighted by molar-refractivity contribution is 0.406. The fraction of sp³-hybridized carbons (Fsp3) is 0.438. The van der Waals surface area contributed by atoms with Crippen molar-refractivity contribution < 1.29 is 4.74 Å². The second kappa shape index (κ2) is 6.37. The smallest absolute Gasteiger partial charge is 0.122 e. The van der Waals surface area contributed by atoms with E-state index in [0.29, 0.717) is 5.92 Å². The summed E-state index contributed by atoms with van der Waals surface area (Å²) in [6.45, 7) is 6.37. The van der Waals surface area contributed by atoms with Gasteiger partial charge in [-0.2, -0.15) is 0 Å². The Morgan fingerprint density at radius 2 is 2.10 bits per heavy atom. The molecule has 0 aliphatic heterocycles. The van der Waals surface area contributed by atoms with Gasteiger partial charge in [0.05, 0.1) is 18.8 Å². The summed E-state index contributed by atoms with van der Waals surface area (Å²) in [4.78, 5) is 4.61. The minimum absolute atomic E-state index is 0.0129. The number of hydrogen-bond donors (Lipinski definition) is 1. The number of methoxy groups -OCH3 is 1. The van der Waals surface area contributed by atoms with Gasteiger partial charge in [0, 0.05) is 10.9 Å². The molecular weight excluding hydrogens is 268 g/mol. The Hall–Kier alpha value is -1.39. The molecule has 0 amide bonds. The highest BCUT2D eigenvalue weighted by atomic mass is 32.1. The Kier molecular flexibility index (Phi) is 4.78. The SMILES string of the molecule is CCC(C)c1cc(-c2csc(C(C)N)n2)ccc1OC. The molecule has 108 valence electrons. The van der Waals surface area contributed by atoms with Crippen molar-refractivity contribution in [1.29, 1.82) is 0 Å². The van der Waals surface area contributed by atoms with Crippen LogP contribution in [0.25, 0.3) is 11.3 Å². The third kappa shape index (κ3) is 3.02. The predicted octanol–water partition coefficient (Wildman–Crippen LogP) is 4.35. The van der Waals surface area contributed by atoms with Gasteiger partial charge in [-0.05, 0) is 43.0 Å². The molecule has 20 heavy (non-hydrogen) atoms. The third-order valence-electron chi connectivity index (χ3n) is 3.58. The molecule has 1 aromatic heterocycles. The summed E-state index contributed by atoms with van der Waals surface area (Å²) in [6, 6.07) is 6.26. The zero-order valence-corrected chi connectivity index (χ0v) is 13.3. The number of nitrogens with two attached hydrogens (primary N) is 1. The van der Waals surface area contributed by atoms with Crippen LogP contribution in [-0.2, 0) is 0 Å². The van der Waals surface area contributed by atoms with E-state index < -0.39 is 0 Å². The second-order valence-corrected chi connectivity index (χ2v) is 6.02. The normalized spacial score (nSPS) is 14.1. The molecule has 0 saturated heterocycles. The quantitative estimate of drug-likeness (QED) is 0.890. The monoisotopic (exact) mass is 290 g/mol. The molecular formula is C16H22N2OS. The largest absolute Gasteiger partial charge is 0.496 e. The van der Waals surface area contributed by atoms with Gasteiger partial charge in [0.2, 0.25) is 0 Å². The van der Waals surface area contributed by atoms with Gasteiger partial charge >= 0.3 is 0 Å². The fourth-order valence-electron chi connectivity index (χ4n) is 2.13. The Morgan fingerprint density at radius 3 is 2.65 bits per heavy atom. The van der Waals surface area contributed by atoms with Crippen molar-refractivity contribution in [1.82, 2.24) is 4.98 Å². The molecule has 0 saturated carbocycles. The van der Waals surface area contributed by atoms with E-state index in [2.05, 4.69) is 36.3 Å². The van der Waals surface area contributed by atoms with Gasteiger partial charge in [-0.25, -0.2) is 4.98 Å². The summed E-state index contributed by atoms with van der Waals surface area (Å²) in [5, 5.41) is 3.04. The van der Waals surface area contributed by atoms with E-state index in [1.54, 1.807) is 18.4 Å². The van der Waals surface area contributed by atoms with E-state index >= 15 is 0 Å². The Bertz CT molecular complexity index is 578. The van der Waals surface area contributed by atoms with Gasteiger partial charge in [-0.15, -0.1) is 11.3 Å². The summed E-state index contributed by atoms with van der Waals surface area (Å²) in [5.41, 5.74) is 9.24. The van der Waals surface area contributed by atoms with Crippen molar-refractivity contribution >= 4 is 11.3 Å². The second-order valence-electron chi connectivity index (χ2n) is 5.13. The first-order valence-electron chi connectivity index (χ1n) is 6.96. The number of aromatic nitrogens is 1. The number of ether oxygens (including phenoxy) is 1. The van der Waals surface area contributed by atoms with Crippen molar-refractivity contribution in [3.05, 3.63) is 34.2 Å². The predicted molar refractivity (Wildman–Crippen MR) is 85.4 cm³/mol. The number of rotatable bonds is 5. The molecule has 0 fully saturated rings. The fourth-order valence-corrected chi connectivity index (χ4v) is 2.91. The molecule has 2 unspecified atom stereocenters. The first kappa shape index (κ1) is 15.0. The molecule has 2 aromatic rings. The lowest BCUT2D eigenvalue weighted by Gasteiger charge is -2.15. The lowest BCUT2D eigenvalue weighted by atomic mass is 9.95. The van der Waals surface area contributed by atoms with Crippen LogP contribution in [0.15, 0.2) is 23.6 Å². The van der Waals surface area contributed by atoms with Crippen LogP contribution in [0.5, 0.6) is 5.75 Å². The van der Waals surface area contributed by atoms with Crippen LogP contribution in [-0.4, -0.2) is 12.1 Å². The average molecular weight is 290 g/mol. The first-order chi connectivity index (χ1) is 9.56. The van der Waals surface area contributed by atoms with E-state index in [4.69, 9.17) is 10.5 Å². The van der Waals surface area contributed by atoms with Gasteiger partial charge in [0.25, 0.3) is 0 Å². The molecule has 0 spiro atoms. The van der Waals surface area contributed by atoms with Crippen molar-refractivity contribution in [3.8, 4) is 17.0 Å². The van der Waals surface area contributed by atoms with Crippen molar-refractivity contribution in [2.24, 2.45) is 5.73 Å². The molecule has 1 heterocycles. The molecule has 4 heteroatoms. The average Bonchev–Trinajstić information content (AvgIpc) is 2.95. The summed E-state index contributed by atoms with van der Waals surface area (Å²) in [5.74, 6) is 1.42. The van der Waals surface area contributed by atoms with Gasteiger partial charge in [-0.1, -0.05) is 13.8 Å². The summed E-state index contributed by atoms with van der Waals surface area (Å²) >= 11 is 1.62. The van der Waals surface area contributed by atoms with Gasteiger partial charge in [0.15, 0.2) is 0 Å². The number of nitrogens with zero attached hydrogens (tertiary/aromatic N) is 1. The lowest BCUT2D eigenvalue weighted by Crippen LogP contribution is -2.04. The van der Waals surface area contributed by atoms with E-state index in [1.165, 1.54) is 5.56 Å². The van der Waals surface area contributed by atoms with Crippen LogP contribution in [0.2, 0.25) is 0 Å². The highest BCUT2D eigenvalue weighted by molar-refractivity contribution is 7.10. The third-order valence-corrected chi connectivity index (χ3v) is 4.63. The number of thiazole rings is 1. The van der Waals surface area contributed by atoms with Crippen molar-refractivity contribution in [2.75, 3.05) is 7.11 Å². The Morgan fingerprint density at radius 1 is 1.35 bits per heavy atom. The van der Waals surface area contributed by atoms with Crippen molar-refractivity contribution in [3.63, 3.8) is 0 Å². The molecule has 2 N–H and O–H groups in total. The Balaban J connectivity index is 2.41. The number of hydrogen-bond acceptors (Lipinski definition) is 4. The minimum Gasteiger partial charge on any atom is -0.496 e. The van der Waals surface area contributed by atoms with Crippen molar-refractivity contribution in [2.45, 2.75) is 39.2 Å². The molecule has 1 aromatic carbocycles. The number of benzene rings is 1. The molecule has 3 nitrogen and oxygen atoms in total. The van der Waals surface area contributed by atoms with Crippen LogP contribution in [0.3, 0.4) is 0 Å². The zero-order chi connectivity index (χ0) is 14.7. The first-order valence-corrected chi connectivity index (χ1v) is 7.84. The van der Waals surface area contributed by atoms with Gasteiger partial charge < -0.3 is 10.5 Å². The van der Waals surface area contributed by atoms with Gasteiger partial charge in [-0.3, -0.25) is 0 Å².